The van der Waals surface area contributed by atoms with E-state index < -0.39 is 11.7 Å². The van der Waals surface area contributed by atoms with Gasteiger partial charge in [0, 0.05) is 43.0 Å². The second-order valence-corrected chi connectivity index (χ2v) is 7.64. The number of hydrogen-bond donors (Lipinski definition) is 0. The van der Waals surface area contributed by atoms with Crippen LogP contribution in [0.25, 0.3) is 10.9 Å². The minimum atomic E-state index is -4.46. The van der Waals surface area contributed by atoms with Gasteiger partial charge < -0.3 is 4.90 Å². The van der Waals surface area contributed by atoms with E-state index in [1.54, 1.807) is 46.2 Å². The third-order valence-electron chi connectivity index (χ3n) is 5.42. The number of rotatable bonds is 3. The quantitative estimate of drug-likeness (QED) is 0.663. The van der Waals surface area contributed by atoms with Crippen molar-refractivity contribution >= 4 is 16.8 Å². The molecule has 1 aliphatic heterocycles. The molecule has 5 nitrogen and oxygen atoms in total. The minimum absolute atomic E-state index is 0.0369. The van der Waals surface area contributed by atoms with E-state index in [1.807, 2.05) is 0 Å². The molecular formula is C21H21F3N4O. The SMILES string of the molecule is CC1CC(c2ccc(C(F)(F)F)c3ncccc23)CN(C(=O)Cn2cccn2)C1. The topological polar surface area (TPSA) is 51.0 Å². The lowest BCUT2D eigenvalue weighted by Gasteiger charge is -2.37. The van der Waals surface area contributed by atoms with Gasteiger partial charge in [0.2, 0.25) is 5.91 Å². The number of piperidine rings is 1. The standard InChI is InChI=1S/C21H21F3N4O/c1-14-10-15(12-27(11-14)19(29)13-28-9-3-8-26-28)16-5-6-18(21(22,23)24)20-17(16)4-2-7-25-20/h2-9,14-15H,10-13H2,1H3. The van der Waals surface area contributed by atoms with E-state index in [0.29, 0.717) is 18.5 Å². The molecule has 1 saturated heterocycles. The Labute approximate surface area is 166 Å². The Morgan fingerprint density at radius 3 is 2.72 bits per heavy atom. The number of alkyl halides is 3. The molecule has 3 aromatic rings. The van der Waals surface area contributed by atoms with Gasteiger partial charge in [-0.1, -0.05) is 19.1 Å². The van der Waals surface area contributed by atoms with E-state index in [2.05, 4.69) is 17.0 Å². The van der Waals surface area contributed by atoms with Gasteiger partial charge in [0.25, 0.3) is 0 Å². The van der Waals surface area contributed by atoms with Gasteiger partial charge in [-0.25, -0.2) is 0 Å². The number of carbonyl (C=O) groups excluding carboxylic acids is 1. The van der Waals surface area contributed by atoms with E-state index in [9.17, 15) is 18.0 Å². The molecule has 1 fully saturated rings. The van der Waals surface area contributed by atoms with Crippen LogP contribution in [0.5, 0.6) is 0 Å². The van der Waals surface area contributed by atoms with Gasteiger partial charge in [0.05, 0.1) is 11.1 Å². The maximum Gasteiger partial charge on any atom is 0.418 e. The predicted octanol–water partition coefficient (Wildman–Crippen LogP) is 4.10. The van der Waals surface area contributed by atoms with Crippen molar-refractivity contribution in [3.8, 4) is 0 Å². The molecule has 1 amide bonds. The number of aromatic nitrogens is 3. The number of likely N-dealkylation sites (tertiary alicyclic amines) is 1. The molecule has 29 heavy (non-hydrogen) atoms. The third-order valence-corrected chi connectivity index (χ3v) is 5.42. The molecule has 4 rings (SSSR count). The molecule has 2 aromatic heterocycles. The molecule has 3 heterocycles. The van der Waals surface area contributed by atoms with Crippen LogP contribution >= 0.6 is 0 Å². The summed E-state index contributed by atoms with van der Waals surface area (Å²) in [5.74, 6) is 0.151. The van der Waals surface area contributed by atoms with Crippen LogP contribution < -0.4 is 0 Å². The van der Waals surface area contributed by atoms with Crippen molar-refractivity contribution in [1.82, 2.24) is 19.7 Å². The lowest BCUT2D eigenvalue weighted by atomic mass is 9.83. The van der Waals surface area contributed by atoms with Crippen molar-refractivity contribution in [2.24, 2.45) is 5.92 Å². The Kier molecular flexibility index (Phi) is 5.02. The van der Waals surface area contributed by atoms with Crippen LogP contribution in [-0.4, -0.2) is 38.7 Å². The molecule has 0 radical (unpaired) electrons. The van der Waals surface area contributed by atoms with Crippen molar-refractivity contribution in [2.75, 3.05) is 13.1 Å². The van der Waals surface area contributed by atoms with Gasteiger partial charge >= 0.3 is 6.18 Å². The molecule has 2 unspecified atom stereocenters. The summed E-state index contributed by atoms with van der Waals surface area (Å²) in [6, 6.07) is 7.75. The average Bonchev–Trinajstić information content (AvgIpc) is 3.18. The van der Waals surface area contributed by atoms with Gasteiger partial charge in [-0.15, -0.1) is 0 Å². The Hall–Kier alpha value is -2.90. The molecule has 0 spiro atoms. The molecule has 0 aliphatic carbocycles. The Morgan fingerprint density at radius 2 is 2.00 bits per heavy atom. The fourth-order valence-corrected chi connectivity index (χ4v) is 4.19. The average molecular weight is 402 g/mol. The number of fused-ring (bicyclic) bond motifs is 1. The maximum absolute atomic E-state index is 13.4. The molecular weight excluding hydrogens is 381 g/mol. The fraction of sp³-hybridized carbons (Fsp3) is 0.381. The van der Waals surface area contributed by atoms with Crippen molar-refractivity contribution in [2.45, 2.75) is 32.0 Å². The molecule has 0 saturated carbocycles. The van der Waals surface area contributed by atoms with E-state index in [1.165, 1.54) is 6.20 Å². The van der Waals surface area contributed by atoms with Gasteiger partial charge in [-0.2, -0.15) is 18.3 Å². The number of pyridine rings is 1. The maximum atomic E-state index is 13.4. The normalized spacial score (nSPS) is 20.2. The van der Waals surface area contributed by atoms with E-state index in [0.717, 1.165) is 18.1 Å². The third kappa shape index (κ3) is 3.97. The highest BCUT2D eigenvalue weighted by Crippen LogP contribution is 2.39. The van der Waals surface area contributed by atoms with Crippen molar-refractivity contribution in [3.05, 3.63) is 60.0 Å². The smallest absolute Gasteiger partial charge is 0.340 e. The summed E-state index contributed by atoms with van der Waals surface area (Å²) < 4.78 is 41.8. The monoisotopic (exact) mass is 402 g/mol. The Balaban J connectivity index is 1.65. The molecule has 8 heteroatoms. The van der Waals surface area contributed by atoms with Crippen LogP contribution in [0.2, 0.25) is 0 Å². The summed E-state index contributed by atoms with van der Waals surface area (Å²) in [7, 11) is 0. The zero-order valence-electron chi connectivity index (χ0n) is 15.9. The summed E-state index contributed by atoms with van der Waals surface area (Å²) in [4.78, 5) is 18.5. The summed E-state index contributed by atoms with van der Waals surface area (Å²) in [6.07, 6.45) is 1.08. The van der Waals surface area contributed by atoms with Crippen molar-refractivity contribution < 1.29 is 18.0 Å². The highest BCUT2D eigenvalue weighted by atomic mass is 19.4. The van der Waals surface area contributed by atoms with Crippen molar-refractivity contribution in [3.63, 3.8) is 0 Å². The molecule has 1 aromatic carbocycles. The number of nitrogens with zero attached hydrogens (tertiary/aromatic N) is 4. The van der Waals surface area contributed by atoms with Crippen LogP contribution in [0.3, 0.4) is 0 Å². The fourth-order valence-electron chi connectivity index (χ4n) is 4.19. The van der Waals surface area contributed by atoms with Crippen LogP contribution in [0.15, 0.2) is 48.9 Å². The molecule has 0 N–H and O–H groups in total. The molecule has 0 bridgehead atoms. The summed E-state index contributed by atoms with van der Waals surface area (Å²) >= 11 is 0. The Morgan fingerprint density at radius 1 is 1.17 bits per heavy atom. The second kappa shape index (κ2) is 7.50. The summed E-state index contributed by atoms with van der Waals surface area (Å²) in [6.45, 7) is 3.32. The molecule has 2 atom stereocenters. The zero-order chi connectivity index (χ0) is 20.6. The largest absolute Gasteiger partial charge is 0.418 e. The summed E-state index contributed by atoms with van der Waals surface area (Å²) in [5.41, 5.74) is 0.0435. The summed E-state index contributed by atoms with van der Waals surface area (Å²) in [5, 5.41) is 4.58. The van der Waals surface area contributed by atoms with Crippen LogP contribution in [0, 0.1) is 5.92 Å². The first-order valence-electron chi connectivity index (χ1n) is 9.53. The predicted molar refractivity (Wildman–Crippen MR) is 102 cm³/mol. The minimum Gasteiger partial charge on any atom is -0.340 e. The van der Waals surface area contributed by atoms with E-state index >= 15 is 0 Å². The number of benzene rings is 1. The highest BCUT2D eigenvalue weighted by Gasteiger charge is 2.35. The number of halogens is 3. The van der Waals surface area contributed by atoms with Gasteiger partial charge in [0.1, 0.15) is 6.54 Å². The van der Waals surface area contributed by atoms with Gasteiger partial charge in [-0.05, 0) is 36.1 Å². The molecule has 1 aliphatic rings. The number of amides is 1. The lowest BCUT2D eigenvalue weighted by molar-refractivity contribution is -0.136. The van der Waals surface area contributed by atoms with Gasteiger partial charge in [-0.3, -0.25) is 14.5 Å². The Bertz CT molecular complexity index is 1020. The van der Waals surface area contributed by atoms with E-state index in [4.69, 9.17) is 0 Å². The first-order chi connectivity index (χ1) is 13.8. The van der Waals surface area contributed by atoms with Crippen molar-refractivity contribution in [1.29, 1.82) is 0 Å². The highest BCUT2D eigenvalue weighted by molar-refractivity contribution is 5.86. The second-order valence-electron chi connectivity index (χ2n) is 7.64. The van der Waals surface area contributed by atoms with E-state index in [-0.39, 0.29) is 29.8 Å². The van der Waals surface area contributed by atoms with Crippen LogP contribution in [-0.2, 0) is 17.5 Å². The zero-order valence-corrected chi connectivity index (χ0v) is 15.9. The molecule has 152 valence electrons. The number of carbonyl (C=O) groups is 1. The first kappa shape index (κ1) is 19.4. The van der Waals surface area contributed by atoms with Gasteiger partial charge in [0.15, 0.2) is 0 Å². The van der Waals surface area contributed by atoms with Crippen LogP contribution in [0.4, 0.5) is 13.2 Å². The first-order valence-corrected chi connectivity index (χ1v) is 9.53. The lowest BCUT2D eigenvalue weighted by Crippen LogP contribution is -2.44. The van der Waals surface area contributed by atoms with Crippen LogP contribution in [0.1, 0.15) is 30.4 Å². The number of hydrogen-bond acceptors (Lipinski definition) is 3.